The van der Waals surface area contributed by atoms with E-state index in [1.807, 2.05) is 18.2 Å². The Morgan fingerprint density at radius 3 is 2.61 bits per heavy atom. The Kier molecular flexibility index (Phi) is 4.04. The molecule has 0 spiro atoms. The molecule has 0 radical (unpaired) electrons. The van der Waals surface area contributed by atoms with E-state index >= 15 is 0 Å². The van der Waals surface area contributed by atoms with Gasteiger partial charge in [0.1, 0.15) is 17.9 Å². The summed E-state index contributed by atoms with van der Waals surface area (Å²) >= 11 is 0. The van der Waals surface area contributed by atoms with Crippen LogP contribution in [0.3, 0.4) is 0 Å². The number of aldehydes is 1. The van der Waals surface area contributed by atoms with Crippen molar-refractivity contribution < 1.29 is 18.5 Å². The molecule has 0 aromatic heterocycles. The van der Waals surface area contributed by atoms with Gasteiger partial charge in [0, 0.05) is 10.1 Å². The number of nitrogens with zero attached hydrogens (tertiary/aromatic N) is 1. The van der Waals surface area contributed by atoms with Crippen LogP contribution in [0, 0.1) is 0 Å². The number of carbonyl (C=O) groups is 2. The first kappa shape index (κ1) is 16.2. The van der Waals surface area contributed by atoms with Crippen LogP contribution in [0.1, 0.15) is 50.8 Å². The highest BCUT2D eigenvalue weighted by atomic mass is 32.2. The standard InChI is InChI=1S/C17H21NO4S/c1-17(2,3)22-16(20)18-9-11-8-13(23(21)12-4-5-12)6-7-14(11)15(18)10-19/h6-8,10,12,15H,4-5,9H2,1-3H3. The Balaban J connectivity index is 1.85. The molecule has 1 aromatic rings. The molecule has 3 rings (SSSR count). The summed E-state index contributed by atoms with van der Waals surface area (Å²) < 4.78 is 17.7. The van der Waals surface area contributed by atoms with Gasteiger partial charge in [-0.2, -0.15) is 0 Å². The van der Waals surface area contributed by atoms with Gasteiger partial charge in [-0.1, -0.05) is 6.07 Å². The van der Waals surface area contributed by atoms with Crippen molar-refractivity contribution in [3.8, 4) is 0 Å². The van der Waals surface area contributed by atoms with E-state index in [4.69, 9.17) is 4.74 Å². The van der Waals surface area contributed by atoms with Crippen LogP contribution in [0.2, 0.25) is 0 Å². The van der Waals surface area contributed by atoms with Crippen molar-refractivity contribution in [3.63, 3.8) is 0 Å². The van der Waals surface area contributed by atoms with Crippen molar-refractivity contribution in [3.05, 3.63) is 29.3 Å². The summed E-state index contributed by atoms with van der Waals surface area (Å²) in [6.45, 7) is 5.69. The van der Waals surface area contributed by atoms with Crippen molar-refractivity contribution >= 4 is 23.2 Å². The Hall–Kier alpha value is -1.69. The van der Waals surface area contributed by atoms with Crippen molar-refractivity contribution in [2.45, 2.75) is 61.9 Å². The number of amides is 1. The highest BCUT2D eigenvalue weighted by molar-refractivity contribution is 7.86. The van der Waals surface area contributed by atoms with E-state index in [-0.39, 0.29) is 5.25 Å². The normalized spacial score (nSPS) is 21.7. The van der Waals surface area contributed by atoms with E-state index in [2.05, 4.69) is 0 Å². The van der Waals surface area contributed by atoms with Crippen LogP contribution < -0.4 is 0 Å². The summed E-state index contributed by atoms with van der Waals surface area (Å²) in [4.78, 5) is 26.0. The van der Waals surface area contributed by atoms with Crippen LogP contribution >= 0.6 is 0 Å². The Labute approximate surface area is 138 Å². The van der Waals surface area contributed by atoms with E-state index < -0.39 is 28.5 Å². The smallest absolute Gasteiger partial charge is 0.411 e. The summed E-state index contributed by atoms with van der Waals surface area (Å²) in [5.74, 6) is 0. The van der Waals surface area contributed by atoms with Gasteiger partial charge < -0.3 is 9.53 Å². The third kappa shape index (κ3) is 3.32. The van der Waals surface area contributed by atoms with Gasteiger partial charge in [0.15, 0.2) is 0 Å². The number of hydrogen-bond acceptors (Lipinski definition) is 4. The molecule has 1 amide bonds. The van der Waals surface area contributed by atoms with Gasteiger partial charge in [-0.05, 0) is 56.9 Å². The molecule has 1 fully saturated rings. The molecule has 1 saturated carbocycles. The van der Waals surface area contributed by atoms with Crippen LogP contribution in [0.25, 0.3) is 0 Å². The van der Waals surface area contributed by atoms with E-state index in [1.165, 1.54) is 4.90 Å². The van der Waals surface area contributed by atoms with Crippen molar-refractivity contribution in [2.24, 2.45) is 0 Å². The molecule has 124 valence electrons. The molecule has 5 nitrogen and oxygen atoms in total. The molecule has 1 aliphatic heterocycles. The first-order valence-electron chi connectivity index (χ1n) is 7.78. The molecule has 1 heterocycles. The van der Waals surface area contributed by atoms with Crippen LogP contribution in [0.4, 0.5) is 4.79 Å². The molecule has 6 heteroatoms. The summed E-state index contributed by atoms with van der Waals surface area (Å²) in [6, 6.07) is 4.85. The molecule has 0 bridgehead atoms. The van der Waals surface area contributed by atoms with Crippen LogP contribution in [-0.2, 0) is 26.9 Å². The predicted octanol–water partition coefficient (Wildman–Crippen LogP) is 2.95. The van der Waals surface area contributed by atoms with Gasteiger partial charge >= 0.3 is 6.09 Å². The first-order valence-corrected chi connectivity index (χ1v) is 9.00. The zero-order chi connectivity index (χ0) is 16.8. The van der Waals surface area contributed by atoms with Gasteiger partial charge in [0.2, 0.25) is 0 Å². The van der Waals surface area contributed by atoms with Gasteiger partial charge in [-0.3, -0.25) is 9.11 Å². The zero-order valence-corrected chi connectivity index (χ0v) is 14.4. The average molecular weight is 335 g/mol. The Bertz CT molecular complexity index is 676. The van der Waals surface area contributed by atoms with Crippen LogP contribution in [-0.4, -0.2) is 32.3 Å². The number of rotatable bonds is 3. The number of ether oxygens (including phenoxy) is 1. The molecule has 2 unspecified atom stereocenters. The minimum atomic E-state index is -0.990. The molecule has 1 aliphatic carbocycles. The molecular weight excluding hydrogens is 314 g/mol. The maximum atomic E-state index is 12.3. The second-order valence-corrected chi connectivity index (χ2v) is 8.78. The van der Waals surface area contributed by atoms with E-state index in [9.17, 15) is 13.8 Å². The molecule has 2 aliphatic rings. The van der Waals surface area contributed by atoms with Crippen LogP contribution in [0.5, 0.6) is 0 Å². The second kappa shape index (κ2) is 5.74. The fourth-order valence-corrected chi connectivity index (χ4v) is 4.11. The van der Waals surface area contributed by atoms with Gasteiger partial charge in [-0.15, -0.1) is 0 Å². The number of hydrogen-bond donors (Lipinski definition) is 0. The molecular formula is C17H21NO4S. The zero-order valence-electron chi connectivity index (χ0n) is 13.6. The SMILES string of the molecule is CC(C)(C)OC(=O)N1Cc2cc(S(=O)C3CC3)ccc2C1C=O. The monoisotopic (exact) mass is 335 g/mol. The van der Waals surface area contributed by atoms with E-state index in [0.29, 0.717) is 6.54 Å². The second-order valence-electron chi connectivity index (χ2n) is 7.05. The van der Waals surface area contributed by atoms with E-state index in [0.717, 1.165) is 35.2 Å². The summed E-state index contributed by atoms with van der Waals surface area (Å²) in [5.41, 5.74) is 1.06. The summed E-state index contributed by atoms with van der Waals surface area (Å²) in [6.07, 6.45) is 2.26. The average Bonchev–Trinajstić information content (AvgIpc) is 3.24. The van der Waals surface area contributed by atoms with Crippen molar-refractivity contribution in [1.82, 2.24) is 4.90 Å². The van der Waals surface area contributed by atoms with Crippen molar-refractivity contribution in [2.75, 3.05) is 0 Å². The first-order chi connectivity index (χ1) is 10.8. The number of fused-ring (bicyclic) bond motifs is 1. The maximum Gasteiger partial charge on any atom is 0.411 e. The number of benzene rings is 1. The third-order valence-corrected chi connectivity index (χ3v) is 5.72. The minimum Gasteiger partial charge on any atom is -0.444 e. The lowest BCUT2D eigenvalue weighted by molar-refractivity contribution is -0.112. The largest absolute Gasteiger partial charge is 0.444 e. The summed E-state index contributed by atoms with van der Waals surface area (Å²) in [5, 5.41) is 0.262. The fraction of sp³-hybridized carbons (Fsp3) is 0.529. The third-order valence-electron chi connectivity index (χ3n) is 3.93. The minimum absolute atomic E-state index is 0.262. The van der Waals surface area contributed by atoms with Gasteiger partial charge in [0.25, 0.3) is 0 Å². The number of carbonyl (C=O) groups excluding carboxylic acids is 2. The maximum absolute atomic E-state index is 12.3. The lowest BCUT2D eigenvalue weighted by atomic mass is 10.1. The highest BCUT2D eigenvalue weighted by Gasteiger charge is 2.37. The lowest BCUT2D eigenvalue weighted by Crippen LogP contribution is -2.36. The quantitative estimate of drug-likeness (QED) is 0.797. The lowest BCUT2D eigenvalue weighted by Gasteiger charge is -2.26. The molecule has 1 aromatic carbocycles. The van der Waals surface area contributed by atoms with Gasteiger partial charge in [0.05, 0.1) is 17.3 Å². The highest BCUT2D eigenvalue weighted by Crippen LogP contribution is 2.37. The summed E-state index contributed by atoms with van der Waals surface area (Å²) in [7, 11) is -0.990. The van der Waals surface area contributed by atoms with Gasteiger partial charge in [-0.25, -0.2) is 4.79 Å². The molecule has 0 saturated heterocycles. The molecule has 23 heavy (non-hydrogen) atoms. The topological polar surface area (TPSA) is 63.7 Å². The van der Waals surface area contributed by atoms with E-state index in [1.54, 1.807) is 20.8 Å². The van der Waals surface area contributed by atoms with Crippen molar-refractivity contribution in [1.29, 1.82) is 0 Å². The van der Waals surface area contributed by atoms with Crippen LogP contribution in [0.15, 0.2) is 23.1 Å². The predicted molar refractivity (Wildman–Crippen MR) is 86.5 cm³/mol. The fourth-order valence-electron chi connectivity index (χ4n) is 2.70. The molecule has 2 atom stereocenters. The Morgan fingerprint density at radius 2 is 2.04 bits per heavy atom. The molecule has 0 N–H and O–H groups in total. The Morgan fingerprint density at radius 1 is 1.35 bits per heavy atom.